The fourth-order valence-corrected chi connectivity index (χ4v) is 6.59. The highest BCUT2D eigenvalue weighted by atomic mass is 32.2. The zero-order chi connectivity index (χ0) is 40.9. The van der Waals surface area contributed by atoms with Gasteiger partial charge < -0.3 is 24.6 Å². The van der Waals surface area contributed by atoms with Crippen LogP contribution in [-0.2, 0) is 20.2 Å². The Hall–Kier alpha value is -6.80. The third kappa shape index (κ3) is 9.19. The third-order valence-corrected chi connectivity index (χ3v) is 10.0. The molecule has 0 saturated heterocycles. The molecule has 0 spiro atoms. The van der Waals surface area contributed by atoms with Crippen LogP contribution in [0.5, 0.6) is 23.0 Å². The zero-order valence-electron chi connectivity index (χ0n) is 30.5. The number of nitrogens with one attached hydrogen (secondary N) is 1. The van der Waals surface area contributed by atoms with E-state index in [4.69, 9.17) is 14.2 Å². The average Bonchev–Trinajstić information content (AvgIpc) is 3.18. The number of hydrogen-bond donors (Lipinski definition) is 4. The minimum absolute atomic E-state index is 0.0623. The molecule has 0 amide bonds. The Balaban J connectivity index is 1.29. The molecule has 0 fully saturated rings. The average molecular weight is 812 g/mol. The molecule has 6 aromatic carbocycles. The molecule has 0 aromatic heterocycles. The molecule has 57 heavy (non-hydrogen) atoms. The molecule has 0 saturated carbocycles. The van der Waals surface area contributed by atoms with Crippen molar-refractivity contribution in [2.45, 2.75) is 16.7 Å². The lowest BCUT2D eigenvalue weighted by Crippen LogP contribution is -1.99. The van der Waals surface area contributed by atoms with Crippen LogP contribution in [0.4, 0.5) is 45.5 Å². The molecule has 19 heteroatoms. The van der Waals surface area contributed by atoms with E-state index in [9.17, 15) is 31.0 Å². The van der Waals surface area contributed by atoms with Gasteiger partial charge in [0.25, 0.3) is 20.2 Å². The molecule has 6 rings (SSSR count). The van der Waals surface area contributed by atoms with Gasteiger partial charge in [0.15, 0.2) is 5.75 Å². The highest BCUT2D eigenvalue weighted by molar-refractivity contribution is 7.86. The summed E-state index contributed by atoms with van der Waals surface area (Å²) in [6.07, 6.45) is 0. The molecule has 6 aromatic rings. The van der Waals surface area contributed by atoms with Gasteiger partial charge in [-0.2, -0.15) is 27.1 Å². The molecule has 0 heterocycles. The summed E-state index contributed by atoms with van der Waals surface area (Å²) < 4.78 is 83.6. The van der Waals surface area contributed by atoms with E-state index in [0.717, 1.165) is 5.69 Å². The number of aromatic hydroxyl groups is 1. The second-order valence-corrected chi connectivity index (χ2v) is 14.9. The summed E-state index contributed by atoms with van der Waals surface area (Å²) in [5.74, 6) is 0.0654. The van der Waals surface area contributed by atoms with E-state index >= 15 is 0 Å². The number of phenols is 1. The fraction of sp³-hybridized carbons (Fsp3) is 0.105. The number of azo groups is 3. The van der Waals surface area contributed by atoms with Crippen LogP contribution in [0.3, 0.4) is 0 Å². The lowest BCUT2D eigenvalue weighted by molar-refractivity contribution is 0.404. The molecule has 0 aliphatic rings. The SMILES string of the molecule is COc1cc(N=Nc2ccc(S(=O)(=O)O)cc2)c(C)cc1N=Nc1cc(OC)c(N=Nc2c(S(=O)(=O)O)cc3cc(Nc4ccccc4)ccc3c2O)cc1OC. The summed E-state index contributed by atoms with van der Waals surface area (Å²) >= 11 is 0. The van der Waals surface area contributed by atoms with E-state index in [2.05, 4.69) is 36.0 Å². The maximum atomic E-state index is 12.5. The number of benzene rings is 6. The largest absolute Gasteiger partial charge is 0.505 e. The fourth-order valence-electron chi connectivity index (χ4n) is 5.45. The summed E-state index contributed by atoms with van der Waals surface area (Å²) in [6, 6.07) is 26.7. The number of fused-ring (bicyclic) bond motifs is 1. The van der Waals surface area contributed by atoms with Gasteiger partial charge in [-0.15, -0.1) is 20.5 Å². The summed E-state index contributed by atoms with van der Waals surface area (Å²) in [5.41, 5.74) is 2.90. The maximum absolute atomic E-state index is 12.5. The molecule has 0 radical (unpaired) electrons. The predicted octanol–water partition coefficient (Wildman–Crippen LogP) is 10.4. The van der Waals surface area contributed by atoms with Crippen LogP contribution in [0, 0.1) is 6.92 Å². The normalized spacial score (nSPS) is 12.2. The standard InChI is InChI=1S/C38H33N7O10S2/c1-22-16-30(33(53-2)19-29(22)41-40-25-10-13-27(14-11-25)56(47,48)49)42-43-31-20-35(55-4)32(21-34(31)54-3)44-45-37-36(57(50,51)52)18-23-17-26(12-15-28(23)38(37)46)39-24-8-6-5-7-9-24/h5-21,39,46H,1-4H3,(H,47,48,49)(H,50,51,52). The molecule has 292 valence electrons. The van der Waals surface area contributed by atoms with Crippen molar-refractivity contribution in [3.05, 3.63) is 109 Å². The third-order valence-electron chi connectivity index (χ3n) is 8.30. The van der Waals surface area contributed by atoms with Crippen molar-refractivity contribution >= 4 is 76.5 Å². The summed E-state index contributed by atoms with van der Waals surface area (Å²) in [5, 5.41) is 40.2. The van der Waals surface area contributed by atoms with E-state index in [1.807, 2.05) is 30.3 Å². The van der Waals surface area contributed by atoms with Crippen molar-refractivity contribution < 1.29 is 45.3 Å². The maximum Gasteiger partial charge on any atom is 0.296 e. The van der Waals surface area contributed by atoms with Gasteiger partial charge in [-0.3, -0.25) is 9.11 Å². The monoisotopic (exact) mass is 811 g/mol. The lowest BCUT2D eigenvalue weighted by Gasteiger charge is -2.12. The van der Waals surface area contributed by atoms with Gasteiger partial charge in [-0.05, 0) is 84.6 Å². The van der Waals surface area contributed by atoms with Crippen LogP contribution in [0.2, 0.25) is 0 Å². The van der Waals surface area contributed by atoms with Crippen LogP contribution >= 0.6 is 0 Å². The molecular formula is C38H33N7O10S2. The van der Waals surface area contributed by atoms with E-state index < -0.39 is 36.6 Å². The summed E-state index contributed by atoms with van der Waals surface area (Å²) in [7, 11) is -5.06. The van der Waals surface area contributed by atoms with Crippen LogP contribution in [0.25, 0.3) is 10.8 Å². The van der Waals surface area contributed by atoms with Crippen molar-refractivity contribution in [1.29, 1.82) is 0 Å². The number of anilines is 2. The molecule has 17 nitrogen and oxygen atoms in total. The van der Waals surface area contributed by atoms with Gasteiger partial charge in [-0.1, -0.05) is 18.2 Å². The molecule has 0 atom stereocenters. The number of aryl methyl sites for hydroxylation is 1. The van der Waals surface area contributed by atoms with Crippen molar-refractivity contribution in [2.75, 3.05) is 26.6 Å². The Kier molecular flexibility index (Phi) is 11.6. The number of nitrogens with zero attached hydrogens (tertiary/aromatic N) is 6. The van der Waals surface area contributed by atoms with Gasteiger partial charge in [0, 0.05) is 35.0 Å². The van der Waals surface area contributed by atoms with Crippen LogP contribution in [0.15, 0.2) is 144 Å². The highest BCUT2D eigenvalue weighted by Crippen LogP contribution is 2.45. The Morgan fingerprint density at radius 2 is 1.11 bits per heavy atom. The molecule has 0 aliphatic carbocycles. The Morgan fingerprint density at radius 1 is 0.561 bits per heavy atom. The number of methoxy groups -OCH3 is 3. The first-order chi connectivity index (χ1) is 27.2. The van der Waals surface area contributed by atoms with Crippen molar-refractivity contribution in [1.82, 2.24) is 0 Å². The first kappa shape index (κ1) is 39.9. The highest BCUT2D eigenvalue weighted by Gasteiger charge is 2.23. The van der Waals surface area contributed by atoms with Crippen LogP contribution < -0.4 is 19.5 Å². The predicted molar refractivity (Wildman–Crippen MR) is 211 cm³/mol. The molecule has 0 unspecified atom stereocenters. The van der Waals surface area contributed by atoms with Crippen molar-refractivity contribution in [3.8, 4) is 23.0 Å². The zero-order valence-corrected chi connectivity index (χ0v) is 32.1. The van der Waals surface area contributed by atoms with Gasteiger partial charge in [0.2, 0.25) is 0 Å². The number of phenolic OH excluding ortho intramolecular Hbond substituents is 1. The Bertz CT molecular complexity index is 2800. The Morgan fingerprint density at radius 3 is 1.67 bits per heavy atom. The minimum Gasteiger partial charge on any atom is -0.505 e. The summed E-state index contributed by atoms with van der Waals surface area (Å²) in [4.78, 5) is -0.944. The lowest BCUT2D eigenvalue weighted by atomic mass is 10.1. The topological polar surface area (TPSA) is 243 Å². The van der Waals surface area contributed by atoms with Gasteiger partial charge >= 0.3 is 0 Å². The van der Waals surface area contributed by atoms with Gasteiger partial charge in [-0.25, -0.2) is 0 Å². The number of rotatable bonds is 13. The number of para-hydroxylation sites is 1. The summed E-state index contributed by atoms with van der Waals surface area (Å²) in [6.45, 7) is 1.76. The van der Waals surface area contributed by atoms with E-state index in [0.29, 0.717) is 39.4 Å². The molecular weight excluding hydrogens is 779 g/mol. The minimum atomic E-state index is -4.89. The van der Waals surface area contributed by atoms with E-state index in [-0.39, 0.29) is 33.2 Å². The quantitative estimate of drug-likeness (QED) is 0.0631. The molecule has 0 bridgehead atoms. The second kappa shape index (κ2) is 16.5. The van der Waals surface area contributed by atoms with Crippen molar-refractivity contribution in [3.63, 3.8) is 0 Å². The van der Waals surface area contributed by atoms with Crippen LogP contribution in [0.1, 0.15) is 5.56 Å². The van der Waals surface area contributed by atoms with Crippen molar-refractivity contribution in [2.24, 2.45) is 30.7 Å². The first-order valence-corrected chi connectivity index (χ1v) is 19.4. The second-order valence-electron chi connectivity index (χ2n) is 12.0. The van der Waals surface area contributed by atoms with E-state index in [1.165, 1.54) is 63.8 Å². The molecule has 0 aliphatic heterocycles. The first-order valence-electron chi connectivity index (χ1n) is 16.5. The molecule has 4 N–H and O–H groups in total. The number of hydrogen-bond acceptors (Lipinski definition) is 15. The van der Waals surface area contributed by atoms with Gasteiger partial charge in [0.05, 0.1) is 37.6 Å². The van der Waals surface area contributed by atoms with Crippen LogP contribution in [-0.4, -0.2) is 52.4 Å². The van der Waals surface area contributed by atoms with E-state index in [1.54, 1.807) is 37.3 Å². The number of ether oxygens (including phenoxy) is 3. The smallest absolute Gasteiger partial charge is 0.296 e. The Labute approximate surface area is 326 Å². The van der Waals surface area contributed by atoms with Gasteiger partial charge in [0.1, 0.15) is 44.9 Å².